The zero-order valence-electron chi connectivity index (χ0n) is 16.2. The summed E-state index contributed by atoms with van der Waals surface area (Å²) >= 11 is 1.68. The Morgan fingerprint density at radius 1 is 1.26 bits per heavy atom. The third-order valence-corrected chi connectivity index (χ3v) is 6.46. The van der Waals surface area contributed by atoms with Gasteiger partial charge in [0, 0.05) is 23.9 Å². The summed E-state index contributed by atoms with van der Waals surface area (Å²) in [5.74, 6) is -0.518. The molecule has 0 spiro atoms. The number of amides is 1. The van der Waals surface area contributed by atoms with E-state index >= 15 is 0 Å². The highest BCUT2D eigenvalue weighted by Crippen LogP contribution is 2.35. The molecule has 0 unspecified atom stereocenters. The van der Waals surface area contributed by atoms with E-state index in [0.29, 0.717) is 12.8 Å². The molecule has 0 aliphatic carbocycles. The highest BCUT2D eigenvalue weighted by Gasteiger charge is 2.31. The number of anilines is 1. The molecule has 0 radical (unpaired) electrons. The van der Waals surface area contributed by atoms with Gasteiger partial charge in [-0.25, -0.2) is 14.8 Å². The zero-order chi connectivity index (χ0) is 19.7. The predicted molar refractivity (Wildman–Crippen MR) is 106 cm³/mol. The van der Waals surface area contributed by atoms with Crippen molar-refractivity contribution >= 4 is 39.2 Å². The molecule has 1 atom stereocenters. The fraction of sp³-hybridized carbons (Fsp3) is 0.579. The third-order valence-electron chi connectivity index (χ3n) is 5.34. The number of hydrogen-bond donors (Lipinski definition) is 2. The van der Waals surface area contributed by atoms with Gasteiger partial charge in [0.2, 0.25) is 5.91 Å². The molecular weight excluding hydrogens is 364 g/mol. The second kappa shape index (κ2) is 7.80. The van der Waals surface area contributed by atoms with Crippen LogP contribution in [0.2, 0.25) is 0 Å². The molecule has 2 N–H and O–H groups in total. The minimum absolute atomic E-state index is 0.148. The van der Waals surface area contributed by atoms with Crippen LogP contribution < -0.4 is 10.2 Å². The lowest BCUT2D eigenvalue weighted by molar-refractivity contribution is -0.143. The average Bonchev–Trinajstić information content (AvgIpc) is 2.93. The number of carboxylic acid groups (broad SMARTS) is 1. The van der Waals surface area contributed by atoms with Gasteiger partial charge in [-0.05, 0) is 38.2 Å². The number of aryl methyl sites for hydroxylation is 2. The Kier molecular flexibility index (Phi) is 5.64. The van der Waals surface area contributed by atoms with E-state index in [0.717, 1.165) is 29.1 Å². The number of nitrogens with one attached hydrogen (secondary N) is 1. The number of carbonyl (C=O) groups is 2. The number of thiophene rings is 1. The fourth-order valence-electron chi connectivity index (χ4n) is 3.54. The molecule has 1 aliphatic rings. The van der Waals surface area contributed by atoms with Crippen LogP contribution >= 0.6 is 11.3 Å². The van der Waals surface area contributed by atoms with Crippen molar-refractivity contribution < 1.29 is 14.7 Å². The van der Waals surface area contributed by atoms with Gasteiger partial charge in [0.25, 0.3) is 0 Å². The molecule has 1 aliphatic heterocycles. The quantitative estimate of drug-likeness (QED) is 0.815. The molecule has 0 bridgehead atoms. The van der Waals surface area contributed by atoms with Crippen molar-refractivity contribution in [1.82, 2.24) is 15.3 Å². The second-order valence-corrected chi connectivity index (χ2v) is 8.69. The maximum Gasteiger partial charge on any atom is 0.326 e. The summed E-state index contributed by atoms with van der Waals surface area (Å²) in [6.45, 7) is 9.23. The lowest BCUT2D eigenvalue weighted by Crippen LogP contribution is -2.48. The third kappa shape index (κ3) is 3.90. The number of nitrogens with zero attached hydrogens (tertiary/aromatic N) is 3. The van der Waals surface area contributed by atoms with Crippen LogP contribution in [0.15, 0.2) is 6.33 Å². The number of aromatic nitrogens is 2. The summed E-state index contributed by atoms with van der Waals surface area (Å²) in [5, 5.41) is 13.1. The molecule has 146 valence electrons. The van der Waals surface area contributed by atoms with E-state index in [2.05, 4.69) is 34.0 Å². The van der Waals surface area contributed by atoms with E-state index in [9.17, 15) is 14.7 Å². The summed E-state index contributed by atoms with van der Waals surface area (Å²) < 4.78 is 0. The topological polar surface area (TPSA) is 95.4 Å². The van der Waals surface area contributed by atoms with Crippen LogP contribution in [-0.2, 0) is 9.59 Å². The van der Waals surface area contributed by atoms with E-state index in [1.54, 1.807) is 31.5 Å². The number of carbonyl (C=O) groups excluding carboxylic acids is 1. The van der Waals surface area contributed by atoms with Crippen molar-refractivity contribution in [2.24, 2.45) is 11.8 Å². The lowest BCUT2D eigenvalue weighted by atomic mass is 9.94. The normalized spacial score (nSPS) is 16.7. The van der Waals surface area contributed by atoms with Gasteiger partial charge in [-0.2, -0.15) is 0 Å². The van der Waals surface area contributed by atoms with Crippen LogP contribution in [0.5, 0.6) is 0 Å². The van der Waals surface area contributed by atoms with Gasteiger partial charge in [0.15, 0.2) is 0 Å². The highest BCUT2D eigenvalue weighted by atomic mass is 32.1. The molecule has 0 saturated carbocycles. The van der Waals surface area contributed by atoms with Gasteiger partial charge in [-0.15, -0.1) is 11.3 Å². The Hall–Kier alpha value is -2.22. The largest absolute Gasteiger partial charge is 0.480 e. The van der Waals surface area contributed by atoms with E-state index in [-0.39, 0.29) is 17.7 Å². The van der Waals surface area contributed by atoms with Crippen LogP contribution in [0, 0.1) is 25.7 Å². The van der Waals surface area contributed by atoms with Crippen LogP contribution in [0.4, 0.5) is 5.82 Å². The van der Waals surface area contributed by atoms with Crippen molar-refractivity contribution in [2.75, 3.05) is 18.0 Å². The standard InChI is InChI=1S/C19H26N4O3S/c1-10(2)15(19(25)26)22-17(24)13-5-7-23(8-6-13)16-14-11(3)12(4)27-18(14)21-9-20-16/h9-10,13,15H,5-8H2,1-4H3,(H,22,24)(H,25,26)/t15-/m0/s1. The van der Waals surface area contributed by atoms with E-state index in [1.807, 2.05) is 0 Å². The number of aliphatic carboxylic acids is 1. The molecule has 0 aromatic carbocycles. The molecule has 7 nitrogen and oxygen atoms in total. The molecule has 3 rings (SSSR count). The highest BCUT2D eigenvalue weighted by molar-refractivity contribution is 7.18. The SMILES string of the molecule is Cc1sc2ncnc(N3CCC(C(=O)N[C@H](C(=O)O)C(C)C)CC3)c2c1C. The van der Waals surface area contributed by atoms with E-state index in [1.165, 1.54) is 10.4 Å². The number of hydrogen-bond acceptors (Lipinski definition) is 6. The molecule has 1 saturated heterocycles. The van der Waals surface area contributed by atoms with E-state index in [4.69, 9.17) is 0 Å². The van der Waals surface area contributed by atoms with Gasteiger partial charge < -0.3 is 15.3 Å². The van der Waals surface area contributed by atoms with Crippen molar-refractivity contribution in [3.8, 4) is 0 Å². The van der Waals surface area contributed by atoms with Crippen LogP contribution in [0.25, 0.3) is 10.2 Å². The summed E-state index contributed by atoms with van der Waals surface area (Å²) in [4.78, 5) is 37.2. The summed E-state index contributed by atoms with van der Waals surface area (Å²) in [6, 6.07) is -0.839. The average molecular weight is 391 g/mol. The first-order valence-corrected chi connectivity index (χ1v) is 10.1. The van der Waals surface area contributed by atoms with Crippen molar-refractivity contribution in [1.29, 1.82) is 0 Å². The Morgan fingerprint density at radius 2 is 1.93 bits per heavy atom. The molecular formula is C19H26N4O3S. The molecule has 27 heavy (non-hydrogen) atoms. The van der Waals surface area contributed by atoms with E-state index < -0.39 is 12.0 Å². The summed E-state index contributed by atoms with van der Waals surface area (Å²) in [5.41, 5.74) is 1.21. The monoisotopic (exact) mass is 390 g/mol. The predicted octanol–water partition coefficient (Wildman–Crippen LogP) is 2.75. The molecule has 1 fully saturated rings. The number of rotatable bonds is 5. The summed E-state index contributed by atoms with van der Waals surface area (Å²) in [7, 11) is 0. The lowest BCUT2D eigenvalue weighted by Gasteiger charge is -2.33. The van der Waals surface area contributed by atoms with Crippen molar-refractivity contribution in [3.05, 3.63) is 16.8 Å². The Bertz CT molecular complexity index is 856. The molecule has 2 aromatic heterocycles. The van der Waals surface area contributed by atoms with Gasteiger partial charge in [0.05, 0.1) is 5.39 Å². The van der Waals surface area contributed by atoms with Gasteiger partial charge in [0.1, 0.15) is 23.0 Å². The Balaban J connectivity index is 1.69. The molecule has 2 aromatic rings. The van der Waals surface area contributed by atoms with Gasteiger partial charge >= 0.3 is 5.97 Å². The second-order valence-electron chi connectivity index (χ2n) is 7.49. The number of fused-ring (bicyclic) bond motifs is 1. The van der Waals surface area contributed by atoms with Crippen molar-refractivity contribution in [3.63, 3.8) is 0 Å². The van der Waals surface area contributed by atoms with Crippen LogP contribution in [0.3, 0.4) is 0 Å². The van der Waals surface area contributed by atoms with Crippen molar-refractivity contribution in [2.45, 2.75) is 46.6 Å². The molecule has 3 heterocycles. The minimum Gasteiger partial charge on any atom is -0.480 e. The molecule has 8 heteroatoms. The van der Waals surface area contributed by atoms with Crippen LogP contribution in [-0.4, -0.2) is 46.1 Å². The van der Waals surface area contributed by atoms with Gasteiger partial charge in [-0.1, -0.05) is 13.8 Å². The first kappa shape index (κ1) is 19.5. The van der Waals surface area contributed by atoms with Gasteiger partial charge in [-0.3, -0.25) is 4.79 Å². The number of carboxylic acids is 1. The molecule has 1 amide bonds. The minimum atomic E-state index is -0.984. The Labute approximate surface area is 162 Å². The maximum atomic E-state index is 12.5. The zero-order valence-corrected chi connectivity index (χ0v) is 17.0. The summed E-state index contributed by atoms with van der Waals surface area (Å²) in [6.07, 6.45) is 2.97. The first-order chi connectivity index (χ1) is 12.8. The smallest absolute Gasteiger partial charge is 0.326 e. The Morgan fingerprint density at radius 3 is 2.52 bits per heavy atom. The fourth-order valence-corrected chi connectivity index (χ4v) is 4.53. The van der Waals surface area contributed by atoms with Crippen LogP contribution in [0.1, 0.15) is 37.1 Å². The number of piperidine rings is 1. The maximum absolute atomic E-state index is 12.5. The first-order valence-electron chi connectivity index (χ1n) is 9.28.